The van der Waals surface area contributed by atoms with Gasteiger partial charge >= 0.3 is 0 Å². The number of nitrogens with zero attached hydrogens (tertiary/aromatic N) is 3. The molecule has 2 aromatic rings. The largest absolute Gasteiger partial charge is 0.382 e. The van der Waals surface area contributed by atoms with Gasteiger partial charge in [-0.2, -0.15) is 0 Å². The molecule has 5 nitrogen and oxygen atoms in total. The zero-order valence-electron chi connectivity index (χ0n) is 9.00. The van der Waals surface area contributed by atoms with Crippen LogP contribution in [0.2, 0.25) is 0 Å². The highest BCUT2D eigenvalue weighted by molar-refractivity contribution is 5.60. The minimum atomic E-state index is 0.546. The van der Waals surface area contributed by atoms with E-state index < -0.39 is 0 Å². The standard InChI is InChI=1S/C11H15N5/c12-11-10(3-1-4-15-11)14-5-2-7-16-8-6-13-9-16/h1,3-4,6,8-9,14H,2,5,7H2,(H2,12,15). The van der Waals surface area contributed by atoms with Crippen molar-refractivity contribution in [2.45, 2.75) is 13.0 Å². The minimum absolute atomic E-state index is 0.546. The zero-order valence-corrected chi connectivity index (χ0v) is 9.00. The van der Waals surface area contributed by atoms with Crippen molar-refractivity contribution in [3.8, 4) is 0 Å². The van der Waals surface area contributed by atoms with Crippen molar-refractivity contribution in [2.24, 2.45) is 0 Å². The topological polar surface area (TPSA) is 68.8 Å². The summed E-state index contributed by atoms with van der Waals surface area (Å²) < 4.78 is 2.05. The molecule has 0 aliphatic carbocycles. The fraction of sp³-hybridized carbons (Fsp3) is 0.273. The Morgan fingerprint density at radius 1 is 1.38 bits per heavy atom. The molecule has 0 spiro atoms. The number of aromatic nitrogens is 3. The second-order valence-electron chi connectivity index (χ2n) is 3.52. The summed E-state index contributed by atoms with van der Waals surface area (Å²) in [6, 6.07) is 3.80. The maximum absolute atomic E-state index is 5.71. The molecule has 0 aliphatic rings. The van der Waals surface area contributed by atoms with Crippen LogP contribution in [0.3, 0.4) is 0 Å². The Morgan fingerprint density at radius 2 is 2.31 bits per heavy atom. The highest BCUT2D eigenvalue weighted by Crippen LogP contribution is 2.13. The third-order valence-corrected chi connectivity index (χ3v) is 2.31. The third-order valence-electron chi connectivity index (χ3n) is 2.31. The lowest BCUT2D eigenvalue weighted by Gasteiger charge is -2.08. The summed E-state index contributed by atoms with van der Waals surface area (Å²) in [7, 11) is 0. The molecule has 0 amide bonds. The molecule has 0 fully saturated rings. The Labute approximate surface area is 94.3 Å². The smallest absolute Gasteiger partial charge is 0.146 e. The molecule has 0 unspecified atom stereocenters. The number of hydrogen-bond donors (Lipinski definition) is 2. The molecule has 3 N–H and O–H groups in total. The normalized spacial score (nSPS) is 10.2. The van der Waals surface area contributed by atoms with E-state index in [9.17, 15) is 0 Å². The Kier molecular flexibility index (Phi) is 3.38. The molecule has 2 aromatic heterocycles. The van der Waals surface area contributed by atoms with Gasteiger partial charge in [-0.3, -0.25) is 0 Å². The van der Waals surface area contributed by atoms with Gasteiger partial charge in [0.15, 0.2) is 0 Å². The lowest BCUT2D eigenvalue weighted by molar-refractivity contribution is 0.661. The molecule has 0 aromatic carbocycles. The second kappa shape index (κ2) is 5.16. The van der Waals surface area contributed by atoms with Crippen molar-refractivity contribution < 1.29 is 0 Å². The maximum Gasteiger partial charge on any atom is 0.146 e. The average molecular weight is 217 g/mol. The summed E-state index contributed by atoms with van der Waals surface area (Å²) in [6.07, 6.45) is 8.26. The molecular weight excluding hydrogens is 202 g/mol. The number of anilines is 2. The number of imidazole rings is 1. The highest BCUT2D eigenvalue weighted by Gasteiger charge is 1.97. The van der Waals surface area contributed by atoms with Gasteiger partial charge in [-0.05, 0) is 18.6 Å². The number of nitrogens with two attached hydrogens (primary N) is 1. The number of pyridine rings is 1. The molecule has 0 saturated carbocycles. The van der Waals surface area contributed by atoms with Gasteiger partial charge in [0.1, 0.15) is 5.82 Å². The molecule has 0 atom stereocenters. The van der Waals surface area contributed by atoms with E-state index in [4.69, 9.17) is 5.73 Å². The molecular formula is C11H15N5. The molecule has 2 heterocycles. The van der Waals surface area contributed by atoms with Crippen molar-refractivity contribution in [1.82, 2.24) is 14.5 Å². The van der Waals surface area contributed by atoms with Gasteiger partial charge in [0.05, 0.1) is 12.0 Å². The first kappa shape index (κ1) is 10.5. The number of aryl methyl sites for hydroxylation is 1. The summed E-state index contributed by atoms with van der Waals surface area (Å²) in [5.74, 6) is 0.546. The fourth-order valence-corrected chi connectivity index (χ4v) is 1.47. The molecule has 0 bridgehead atoms. The van der Waals surface area contributed by atoms with Crippen LogP contribution in [0.25, 0.3) is 0 Å². The first-order chi connectivity index (χ1) is 7.86. The molecule has 0 saturated heterocycles. The Hall–Kier alpha value is -2.04. The maximum atomic E-state index is 5.71. The summed E-state index contributed by atoms with van der Waals surface area (Å²) in [5.41, 5.74) is 6.60. The minimum Gasteiger partial charge on any atom is -0.382 e. The monoisotopic (exact) mass is 217 g/mol. The second-order valence-corrected chi connectivity index (χ2v) is 3.52. The van der Waals surface area contributed by atoms with Crippen LogP contribution in [0.4, 0.5) is 11.5 Å². The summed E-state index contributed by atoms with van der Waals surface area (Å²) in [5, 5.41) is 3.25. The van der Waals surface area contributed by atoms with E-state index in [1.807, 2.05) is 29.2 Å². The number of nitrogens with one attached hydrogen (secondary N) is 1. The number of nitrogen functional groups attached to an aromatic ring is 1. The van der Waals surface area contributed by atoms with E-state index in [1.165, 1.54) is 0 Å². The van der Waals surface area contributed by atoms with Gasteiger partial charge in [0, 0.05) is 31.7 Å². The van der Waals surface area contributed by atoms with E-state index in [2.05, 4.69) is 15.3 Å². The Morgan fingerprint density at radius 3 is 3.06 bits per heavy atom. The van der Waals surface area contributed by atoms with Crippen molar-refractivity contribution >= 4 is 11.5 Å². The van der Waals surface area contributed by atoms with E-state index in [0.717, 1.165) is 25.2 Å². The molecule has 16 heavy (non-hydrogen) atoms. The predicted molar refractivity (Wildman–Crippen MR) is 64.0 cm³/mol. The van der Waals surface area contributed by atoms with E-state index in [0.29, 0.717) is 5.82 Å². The number of hydrogen-bond acceptors (Lipinski definition) is 4. The number of rotatable bonds is 5. The van der Waals surface area contributed by atoms with Crippen LogP contribution in [-0.2, 0) is 6.54 Å². The Balaban J connectivity index is 1.74. The van der Waals surface area contributed by atoms with Gasteiger partial charge in [-0.1, -0.05) is 0 Å². The van der Waals surface area contributed by atoms with Crippen molar-refractivity contribution in [2.75, 3.05) is 17.6 Å². The molecule has 2 rings (SSSR count). The summed E-state index contributed by atoms with van der Waals surface area (Å²) in [4.78, 5) is 7.99. The first-order valence-electron chi connectivity index (χ1n) is 5.26. The third kappa shape index (κ3) is 2.73. The lowest BCUT2D eigenvalue weighted by atomic mass is 10.3. The molecule has 0 aliphatic heterocycles. The van der Waals surface area contributed by atoms with Crippen LogP contribution in [0.1, 0.15) is 6.42 Å². The van der Waals surface area contributed by atoms with Crippen molar-refractivity contribution in [3.05, 3.63) is 37.1 Å². The quantitative estimate of drug-likeness (QED) is 0.742. The van der Waals surface area contributed by atoms with Crippen molar-refractivity contribution in [3.63, 3.8) is 0 Å². The zero-order chi connectivity index (χ0) is 11.2. The molecule has 0 radical (unpaired) electrons. The molecule has 5 heteroatoms. The lowest BCUT2D eigenvalue weighted by Crippen LogP contribution is -2.07. The fourth-order valence-electron chi connectivity index (χ4n) is 1.47. The van der Waals surface area contributed by atoms with Crippen molar-refractivity contribution in [1.29, 1.82) is 0 Å². The van der Waals surface area contributed by atoms with E-state index in [-0.39, 0.29) is 0 Å². The van der Waals surface area contributed by atoms with Gasteiger partial charge < -0.3 is 15.6 Å². The predicted octanol–water partition coefficient (Wildman–Crippen LogP) is 1.36. The van der Waals surface area contributed by atoms with E-state index in [1.54, 1.807) is 12.4 Å². The van der Waals surface area contributed by atoms with Gasteiger partial charge in [-0.25, -0.2) is 9.97 Å². The van der Waals surface area contributed by atoms with Crippen LogP contribution < -0.4 is 11.1 Å². The van der Waals surface area contributed by atoms with Gasteiger partial charge in [-0.15, -0.1) is 0 Å². The van der Waals surface area contributed by atoms with Gasteiger partial charge in [0.2, 0.25) is 0 Å². The first-order valence-corrected chi connectivity index (χ1v) is 5.26. The van der Waals surface area contributed by atoms with Crippen LogP contribution in [0.15, 0.2) is 37.1 Å². The Bertz CT molecular complexity index is 424. The SMILES string of the molecule is Nc1ncccc1NCCCn1ccnc1. The van der Waals surface area contributed by atoms with Crippen LogP contribution >= 0.6 is 0 Å². The molecule has 84 valence electrons. The van der Waals surface area contributed by atoms with Crippen LogP contribution in [0.5, 0.6) is 0 Å². The summed E-state index contributed by atoms with van der Waals surface area (Å²) >= 11 is 0. The van der Waals surface area contributed by atoms with Gasteiger partial charge in [0.25, 0.3) is 0 Å². The summed E-state index contributed by atoms with van der Waals surface area (Å²) in [6.45, 7) is 1.82. The van der Waals surface area contributed by atoms with Crippen LogP contribution in [0, 0.1) is 0 Å². The van der Waals surface area contributed by atoms with E-state index >= 15 is 0 Å². The van der Waals surface area contributed by atoms with Crippen LogP contribution in [-0.4, -0.2) is 21.1 Å². The average Bonchev–Trinajstić information content (AvgIpc) is 2.79. The highest BCUT2D eigenvalue weighted by atomic mass is 15.0.